The van der Waals surface area contributed by atoms with Crippen molar-refractivity contribution in [2.45, 2.75) is 46.3 Å². The van der Waals surface area contributed by atoms with Gasteiger partial charge in [0.25, 0.3) is 0 Å². The van der Waals surface area contributed by atoms with Crippen LogP contribution in [0.1, 0.15) is 36.7 Å². The van der Waals surface area contributed by atoms with Gasteiger partial charge in [-0.3, -0.25) is 4.79 Å². The highest BCUT2D eigenvalue weighted by Crippen LogP contribution is 2.30. The second kappa shape index (κ2) is 6.72. The quantitative estimate of drug-likeness (QED) is 0.878. The Kier molecular flexibility index (Phi) is 4.75. The average Bonchev–Trinajstić information content (AvgIpc) is 2.56. The summed E-state index contributed by atoms with van der Waals surface area (Å²) in [6.07, 6.45) is 1.34. The minimum absolute atomic E-state index is 0.143. The lowest BCUT2D eigenvalue weighted by molar-refractivity contribution is 0.0695. The molecule has 140 valence electrons. The molecule has 0 radical (unpaired) electrons. The van der Waals surface area contributed by atoms with E-state index in [1.807, 2.05) is 11.8 Å². The van der Waals surface area contributed by atoms with Crippen molar-refractivity contribution >= 4 is 22.6 Å². The predicted octanol–water partition coefficient (Wildman–Crippen LogP) is 2.35. The van der Waals surface area contributed by atoms with E-state index in [0.717, 1.165) is 0 Å². The van der Waals surface area contributed by atoms with E-state index in [9.17, 15) is 14.7 Å². The number of aromatic carboxylic acids is 1. The molecule has 2 heterocycles. The van der Waals surface area contributed by atoms with Gasteiger partial charge in [-0.2, -0.15) is 0 Å². The molecule has 2 aromatic rings. The highest BCUT2D eigenvalue weighted by Gasteiger charge is 2.26. The Morgan fingerprint density at radius 1 is 1.35 bits per heavy atom. The molecular weight excluding hydrogens is 337 g/mol. The summed E-state index contributed by atoms with van der Waals surface area (Å²) >= 11 is 0. The van der Waals surface area contributed by atoms with Crippen molar-refractivity contribution < 1.29 is 14.3 Å². The Balaban J connectivity index is 2.29. The predicted molar refractivity (Wildman–Crippen MR) is 99.8 cm³/mol. The van der Waals surface area contributed by atoms with Gasteiger partial charge in [-0.15, -0.1) is 0 Å². The van der Waals surface area contributed by atoms with Crippen LogP contribution in [0.4, 0.5) is 10.1 Å². The number of nitrogens with one attached hydrogen (secondary N) is 1. The molecule has 1 aromatic heterocycles. The molecule has 0 amide bonds. The molecule has 0 saturated carbocycles. The fourth-order valence-corrected chi connectivity index (χ4v) is 3.86. The molecule has 1 fully saturated rings. The van der Waals surface area contributed by atoms with Gasteiger partial charge in [0.05, 0.1) is 16.6 Å². The van der Waals surface area contributed by atoms with Crippen molar-refractivity contribution in [1.82, 2.24) is 9.88 Å². The van der Waals surface area contributed by atoms with Gasteiger partial charge in [0.2, 0.25) is 5.43 Å². The molecule has 0 aliphatic carbocycles. The number of hydrogen-bond acceptors (Lipinski definition) is 4. The van der Waals surface area contributed by atoms with Crippen LogP contribution in [0.25, 0.3) is 10.9 Å². The highest BCUT2D eigenvalue weighted by molar-refractivity contribution is 5.95. The van der Waals surface area contributed by atoms with Gasteiger partial charge in [-0.05, 0) is 33.8 Å². The number of hydrogen-bond donors (Lipinski definition) is 2. The third-order valence-electron chi connectivity index (χ3n) is 4.99. The molecule has 26 heavy (non-hydrogen) atoms. The summed E-state index contributed by atoms with van der Waals surface area (Å²) in [5.41, 5.74) is 0.253. The van der Waals surface area contributed by atoms with E-state index in [1.165, 1.54) is 6.20 Å². The number of halogens is 1. The second-order valence-corrected chi connectivity index (χ2v) is 7.07. The SMILES string of the molecule is CCn1cc(C(=O)O)c(=O)c2c(C)c(F)c(N3CC(C)NC(C)C3)cc21. The molecule has 2 unspecified atom stereocenters. The molecule has 7 heteroatoms. The fraction of sp³-hybridized carbons (Fsp3) is 0.474. The number of rotatable bonds is 3. The van der Waals surface area contributed by atoms with Crippen LogP contribution in [0.15, 0.2) is 17.1 Å². The van der Waals surface area contributed by atoms with Crippen LogP contribution in [-0.4, -0.2) is 40.8 Å². The van der Waals surface area contributed by atoms with E-state index >= 15 is 4.39 Å². The van der Waals surface area contributed by atoms with Crippen LogP contribution in [-0.2, 0) is 6.54 Å². The van der Waals surface area contributed by atoms with Crippen LogP contribution < -0.4 is 15.6 Å². The van der Waals surface area contributed by atoms with Gasteiger partial charge in [0.15, 0.2) is 0 Å². The number of carboxylic acid groups (broad SMARTS) is 1. The first-order valence-electron chi connectivity index (χ1n) is 8.85. The topological polar surface area (TPSA) is 74.6 Å². The van der Waals surface area contributed by atoms with Crippen molar-refractivity contribution in [2.24, 2.45) is 0 Å². The maximum Gasteiger partial charge on any atom is 0.341 e. The van der Waals surface area contributed by atoms with E-state index in [-0.39, 0.29) is 28.6 Å². The maximum atomic E-state index is 15.2. The molecule has 1 aliphatic heterocycles. The molecule has 2 N–H and O–H groups in total. The van der Waals surface area contributed by atoms with Gasteiger partial charge < -0.3 is 19.9 Å². The number of fused-ring (bicyclic) bond motifs is 1. The van der Waals surface area contributed by atoms with Crippen molar-refractivity contribution in [1.29, 1.82) is 0 Å². The molecule has 0 spiro atoms. The Bertz CT molecular complexity index is 928. The van der Waals surface area contributed by atoms with Crippen LogP contribution in [0, 0.1) is 12.7 Å². The standard InChI is InChI=1S/C19H24FN3O3/c1-5-22-9-13(19(25)26)18(24)16-12(4)17(20)15(6-14(16)22)23-7-10(2)21-11(3)8-23/h6,9-11,21H,5,7-8H2,1-4H3,(H,25,26). The zero-order chi connectivity index (χ0) is 19.2. The van der Waals surface area contributed by atoms with Crippen molar-refractivity contribution in [2.75, 3.05) is 18.0 Å². The molecule has 2 atom stereocenters. The van der Waals surface area contributed by atoms with Crippen LogP contribution in [0.2, 0.25) is 0 Å². The second-order valence-electron chi connectivity index (χ2n) is 7.07. The molecule has 6 nitrogen and oxygen atoms in total. The number of carbonyl (C=O) groups is 1. The maximum absolute atomic E-state index is 15.2. The summed E-state index contributed by atoms with van der Waals surface area (Å²) in [5, 5.41) is 12.9. The average molecular weight is 361 g/mol. The number of aromatic nitrogens is 1. The Morgan fingerprint density at radius 2 is 1.96 bits per heavy atom. The van der Waals surface area contributed by atoms with Crippen molar-refractivity contribution in [3.8, 4) is 0 Å². The van der Waals surface area contributed by atoms with Gasteiger partial charge in [0.1, 0.15) is 11.4 Å². The molecule has 1 aliphatic rings. The summed E-state index contributed by atoms with van der Waals surface area (Å²) in [6, 6.07) is 2.12. The number of aryl methyl sites for hydroxylation is 2. The minimum Gasteiger partial charge on any atom is -0.477 e. The lowest BCUT2D eigenvalue weighted by Crippen LogP contribution is -2.54. The molecule has 3 rings (SSSR count). The molecular formula is C19H24FN3O3. The number of pyridine rings is 1. The van der Waals surface area contributed by atoms with E-state index in [2.05, 4.69) is 19.2 Å². The van der Waals surface area contributed by atoms with Crippen molar-refractivity contribution in [3.05, 3.63) is 39.4 Å². The van der Waals surface area contributed by atoms with Crippen molar-refractivity contribution in [3.63, 3.8) is 0 Å². The first kappa shape index (κ1) is 18.4. The summed E-state index contributed by atoms with van der Waals surface area (Å²) in [6.45, 7) is 9.32. The van der Waals surface area contributed by atoms with Gasteiger partial charge in [0, 0.05) is 43.5 Å². The normalized spacial score (nSPS) is 20.6. The number of piperazine rings is 1. The van der Waals surface area contributed by atoms with E-state index < -0.39 is 17.2 Å². The first-order chi connectivity index (χ1) is 12.2. The summed E-state index contributed by atoms with van der Waals surface area (Å²) in [4.78, 5) is 26.0. The van der Waals surface area contributed by atoms with Crippen LogP contribution >= 0.6 is 0 Å². The summed E-state index contributed by atoms with van der Waals surface area (Å²) in [7, 11) is 0. The third-order valence-corrected chi connectivity index (χ3v) is 4.99. The molecule has 1 aromatic carbocycles. The fourth-order valence-electron chi connectivity index (χ4n) is 3.86. The van der Waals surface area contributed by atoms with E-state index in [0.29, 0.717) is 30.8 Å². The lowest BCUT2D eigenvalue weighted by atomic mass is 10.0. The summed E-state index contributed by atoms with van der Waals surface area (Å²) < 4.78 is 16.9. The Morgan fingerprint density at radius 3 is 2.50 bits per heavy atom. The van der Waals surface area contributed by atoms with Gasteiger partial charge >= 0.3 is 5.97 Å². The zero-order valence-electron chi connectivity index (χ0n) is 15.5. The van der Waals surface area contributed by atoms with Gasteiger partial charge in [-0.1, -0.05) is 0 Å². The summed E-state index contributed by atoms with van der Waals surface area (Å²) in [5.74, 6) is -1.76. The number of anilines is 1. The van der Waals surface area contributed by atoms with Gasteiger partial charge in [-0.25, -0.2) is 9.18 Å². The Hall–Kier alpha value is -2.41. The van der Waals surface area contributed by atoms with Crippen LogP contribution in [0.3, 0.4) is 0 Å². The number of carboxylic acids is 1. The Labute approximate surface area is 151 Å². The van der Waals surface area contributed by atoms with Crippen LogP contribution in [0.5, 0.6) is 0 Å². The third kappa shape index (κ3) is 2.96. The number of nitrogens with zero attached hydrogens (tertiary/aromatic N) is 2. The largest absolute Gasteiger partial charge is 0.477 e. The minimum atomic E-state index is -1.30. The molecule has 0 bridgehead atoms. The van der Waals surface area contributed by atoms with E-state index in [1.54, 1.807) is 17.6 Å². The smallest absolute Gasteiger partial charge is 0.341 e. The first-order valence-corrected chi connectivity index (χ1v) is 8.85. The highest BCUT2D eigenvalue weighted by atomic mass is 19.1. The monoisotopic (exact) mass is 361 g/mol. The molecule has 1 saturated heterocycles. The lowest BCUT2D eigenvalue weighted by Gasteiger charge is -2.38. The number of benzene rings is 1. The zero-order valence-corrected chi connectivity index (χ0v) is 15.5. The van der Waals surface area contributed by atoms with E-state index in [4.69, 9.17) is 0 Å².